The van der Waals surface area contributed by atoms with E-state index in [0.717, 1.165) is 0 Å². The Hall–Kier alpha value is -2.51. The van der Waals surface area contributed by atoms with E-state index in [1.165, 1.54) is 16.4 Å². The van der Waals surface area contributed by atoms with Gasteiger partial charge in [-0.25, -0.2) is 4.79 Å². The average Bonchev–Trinajstić information content (AvgIpc) is 2.84. The van der Waals surface area contributed by atoms with Crippen molar-refractivity contribution >= 4 is 24.7 Å². The quantitative estimate of drug-likeness (QED) is 0.206. The summed E-state index contributed by atoms with van der Waals surface area (Å²) in [7, 11) is -2.78. The van der Waals surface area contributed by atoms with Gasteiger partial charge >= 0.3 is 5.97 Å². The molecule has 6 heteroatoms. The fourth-order valence-electron chi connectivity index (χ4n) is 4.57. The van der Waals surface area contributed by atoms with E-state index in [1.54, 1.807) is 13.0 Å². The van der Waals surface area contributed by atoms with Gasteiger partial charge < -0.3 is 18.6 Å². The Balaban J connectivity index is 2.03. The maximum absolute atomic E-state index is 11.9. The fraction of sp³-hybridized carbons (Fsp3) is 0.414. The molecule has 0 radical (unpaired) electrons. The third kappa shape index (κ3) is 6.58. The highest BCUT2D eigenvalue weighted by Crippen LogP contribution is 2.39. The summed E-state index contributed by atoms with van der Waals surface area (Å²) in [5.74, 6) is -0.357. The van der Waals surface area contributed by atoms with Gasteiger partial charge in [0, 0.05) is 12.7 Å². The molecule has 0 aromatic heterocycles. The number of ether oxygens (including phenoxy) is 3. The van der Waals surface area contributed by atoms with Crippen LogP contribution in [-0.2, 0) is 23.4 Å². The zero-order chi connectivity index (χ0) is 25.3. The number of benzene rings is 2. The van der Waals surface area contributed by atoms with Crippen LogP contribution in [0.5, 0.6) is 0 Å². The van der Waals surface area contributed by atoms with Crippen LogP contribution >= 0.6 is 0 Å². The standard InChI is InChI=1S/C29H38O5Si/c1-6-31-27(30)20-14-19-25-26(21-22-28(33-25)32-7-2)34-35(29(3,4)5,23-15-10-8-11-16-23)24-17-12-9-13-18-24/h8-18,20-22,25-26,28H,6-7,19H2,1-5H3/b20-14+/t25-,26+,28+/m1/s1. The molecule has 2 aromatic rings. The largest absolute Gasteiger partial charge is 0.463 e. The van der Waals surface area contributed by atoms with Crippen molar-refractivity contribution in [3.63, 3.8) is 0 Å². The Labute approximate surface area is 210 Å². The van der Waals surface area contributed by atoms with E-state index in [0.29, 0.717) is 19.6 Å². The molecule has 0 fully saturated rings. The molecule has 2 aromatic carbocycles. The van der Waals surface area contributed by atoms with E-state index >= 15 is 0 Å². The smallest absolute Gasteiger partial charge is 0.330 e. The molecule has 0 amide bonds. The lowest BCUT2D eigenvalue weighted by molar-refractivity contribution is -0.164. The van der Waals surface area contributed by atoms with E-state index in [9.17, 15) is 4.79 Å². The second-order valence-corrected chi connectivity index (χ2v) is 13.8. The second-order valence-electron chi connectivity index (χ2n) is 9.52. The molecule has 1 heterocycles. The van der Waals surface area contributed by atoms with E-state index in [-0.39, 0.29) is 23.2 Å². The van der Waals surface area contributed by atoms with Crippen molar-refractivity contribution < 1.29 is 23.4 Å². The molecule has 3 atom stereocenters. The lowest BCUT2D eigenvalue weighted by atomic mass is 10.1. The molecule has 0 saturated heterocycles. The summed E-state index contributed by atoms with van der Waals surface area (Å²) in [6.45, 7) is 11.4. The SMILES string of the molecule is CCOC(=O)/C=C/C[C@H]1O[C@H](OCC)C=C[C@@H]1O[Si](c1ccccc1)(c1ccccc1)C(C)(C)C. The highest BCUT2D eigenvalue weighted by molar-refractivity contribution is 6.99. The first-order chi connectivity index (χ1) is 16.8. The van der Waals surface area contributed by atoms with Crippen LogP contribution in [-0.4, -0.2) is 46.0 Å². The first kappa shape index (κ1) is 27.1. The number of hydrogen-bond acceptors (Lipinski definition) is 5. The third-order valence-electron chi connectivity index (χ3n) is 6.10. The Morgan fingerprint density at radius 1 is 0.943 bits per heavy atom. The van der Waals surface area contributed by atoms with Gasteiger partial charge in [-0.05, 0) is 41.8 Å². The van der Waals surface area contributed by atoms with Gasteiger partial charge in [-0.2, -0.15) is 0 Å². The Morgan fingerprint density at radius 3 is 2.06 bits per heavy atom. The van der Waals surface area contributed by atoms with Crippen LogP contribution in [0.25, 0.3) is 0 Å². The van der Waals surface area contributed by atoms with Gasteiger partial charge in [0.2, 0.25) is 0 Å². The van der Waals surface area contributed by atoms with Gasteiger partial charge in [0.25, 0.3) is 8.32 Å². The summed E-state index contributed by atoms with van der Waals surface area (Å²) >= 11 is 0. The summed E-state index contributed by atoms with van der Waals surface area (Å²) in [5, 5.41) is 2.26. The molecule has 0 saturated carbocycles. The lowest BCUT2D eigenvalue weighted by Gasteiger charge is -2.46. The first-order valence-electron chi connectivity index (χ1n) is 12.4. The Bertz CT molecular complexity index is 942. The van der Waals surface area contributed by atoms with Crippen molar-refractivity contribution in [3.8, 4) is 0 Å². The van der Waals surface area contributed by atoms with Crippen LogP contribution < -0.4 is 10.4 Å². The maximum atomic E-state index is 11.9. The normalized spacial score (nSPS) is 20.8. The van der Waals surface area contributed by atoms with Crippen LogP contribution in [0.4, 0.5) is 0 Å². The molecule has 1 aliphatic heterocycles. The number of rotatable bonds is 10. The minimum absolute atomic E-state index is 0.161. The molecule has 0 spiro atoms. The van der Waals surface area contributed by atoms with Gasteiger partial charge in [-0.1, -0.05) is 93.6 Å². The van der Waals surface area contributed by atoms with Crippen LogP contribution in [0.1, 0.15) is 41.0 Å². The summed E-state index contributed by atoms with van der Waals surface area (Å²) in [6.07, 6.45) is 6.67. The minimum Gasteiger partial charge on any atom is -0.463 e. The van der Waals surface area contributed by atoms with Crippen LogP contribution in [0.3, 0.4) is 0 Å². The van der Waals surface area contributed by atoms with Crippen molar-refractivity contribution in [2.45, 2.75) is 64.6 Å². The van der Waals surface area contributed by atoms with Crippen molar-refractivity contribution in [2.24, 2.45) is 0 Å². The predicted molar refractivity (Wildman–Crippen MR) is 142 cm³/mol. The molecular weight excluding hydrogens is 456 g/mol. The zero-order valence-corrected chi connectivity index (χ0v) is 22.5. The van der Waals surface area contributed by atoms with E-state index < -0.39 is 14.6 Å². The van der Waals surface area contributed by atoms with E-state index in [2.05, 4.69) is 75.4 Å². The Kier molecular flexibility index (Phi) is 9.63. The lowest BCUT2D eigenvalue weighted by Crippen LogP contribution is -2.68. The molecule has 5 nitrogen and oxygen atoms in total. The van der Waals surface area contributed by atoms with Gasteiger partial charge in [0.1, 0.15) is 0 Å². The third-order valence-corrected chi connectivity index (χ3v) is 11.1. The summed E-state index contributed by atoms with van der Waals surface area (Å²) in [5.41, 5.74) is 0. The number of carbonyl (C=O) groups excluding carboxylic acids is 1. The molecule has 35 heavy (non-hydrogen) atoms. The molecule has 188 valence electrons. The molecule has 0 N–H and O–H groups in total. The Morgan fingerprint density at radius 2 is 1.54 bits per heavy atom. The first-order valence-corrected chi connectivity index (χ1v) is 14.3. The monoisotopic (exact) mass is 494 g/mol. The van der Waals surface area contributed by atoms with Crippen molar-refractivity contribution in [3.05, 3.63) is 85.0 Å². The van der Waals surface area contributed by atoms with Crippen LogP contribution in [0.2, 0.25) is 5.04 Å². The summed E-state index contributed by atoms with van der Waals surface area (Å²) < 4.78 is 24.3. The van der Waals surface area contributed by atoms with Crippen LogP contribution in [0.15, 0.2) is 85.0 Å². The molecule has 0 bridgehead atoms. The number of hydrogen-bond donors (Lipinski definition) is 0. The molecule has 0 aliphatic carbocycles. The van der Waals surface area contributed by atoms with Crippen molar-refractivity contribution in [2.75, 3.05) is 13.2 Å². The number of esters is 1. The number of carbonyl (C=O) groups is 1. The highest BCUT2D eigenvalue weighted by Gasteiger charge is 2.52. The maximum Gasteiger partial charge on any atom is 0.330 e. The van der Waals surface area contributed by atoms with Gasteiger partial charge in [0.15, 0.2) is 6.29 Å². The minimum atomic E-state index is -2.78. The average molecular weight is 495 g/mol. The van der Waals surface area contributed by atoms with Crippen molar-refractivity contribution in [1.29, 1.82) is 0 Å². The van der Waals surface area contributed by atoms with Crippen LogP contribution in [0, 0.1) is 0 Å². The van der Waals surface area contributed by atoms with E-state index in [4.69, 9.17) is 18.6 Å². The zero-order valence-electron chi connectivity index (χ0n) is 21.5. The summed E-state index contributed by atoms with van der Waals surface area (Å²) in [4.78, 5) is 11.9. The molecular formula is C29H38O5Si. The molecule has 0 unspecified atom stereocenters. The fourth-order valence-corrected chi connectivity index (χ4v) is 9.22. The summed E-state index contributed by atoms with van der Waals surface area (Å²) in [6, 6.07) is 21.1. The molecule has 1 aliphatic rings. The van der Waals surface area contributed by atoms with E-state index in [1.807, 2.05) is 25.1 Å². The highest BCUT2D eigenvalue weighted by atomic mass is 28.4. The van der Waals surface area contributed by atoms with Gasteiger partial charge in [0.05, 0.1) is 18.8 Å². The van der Waals surface area contributed by atoms with Crippen molar-refractivity contribution in [1.82, 2.24) is 0 Å². The van der Waals surface area contributed by atoms with Gasteiger partial charge in [-0.15, -0.1) is 0 Å². The predicted octanol–water partition coefficient (Wildman–Crippen LogP) is 4.76. The topological polar surface area (TPSA) is 54.0 Å². The second kappa shape index (κ2) is 12.4. The van der Waals surface area contributed by atoms with Gasteiger partial charge in [-0.3, -0.25) is 0 Å². The molecule has 3 rings (SSSR count).